The molecule has 0 spiro atoms. The van der Waals surface area contributed by atoms with E-state index in [1.165, 1.54) is 10.4 Å². The number of piperidine rings is 1. The molecule has 3 heterocycles. The lowest BCUT2D eigenvalue weighted by Crippen LogP contribution is -2.44. The number of hydrogen-bond donors (Lipinski definition) is 1. The van der Waals surface area contributed by atoms with Crippen LogP contribution < -0.4 is 24.3 Å². The van der Waals surface area contributed by atoms with Crippen molar-refractivity contribution in [2.24, 2.45) is 11.8 Å². The number of amides is 1. The van der Waals surface area contributed by atoms with Gasteiger partial charge in [0.25, 0.3) is 0 Å². The van der Waals surface area contributed by atoms with Crippen LogP contribution in [0.15, 0.2) is 41.3 Å². The highest BCUT2D eigenvalue weighted by molar-refractivity contribution is 7.89. The van der Waals surface area contributed by atoms with Crippen LogP contribution in [0.4, 0.5) is 0 Å². The van der Waals surface area contributed by atoms with E-state index in [0.29, 0.717) is 56.5 Å². The van der Waals surface area contributed by atoms with Crippen LogP contribution >= 0.6 is 0 Å². The maximum Gasteiger partial charge on any atom is 0.243 e. The van der Waals surface area contributed by atoms with Gasteiger partial charge in [0.2, 0.25) is 15.9 Å². The van der Waals surface area contributed by atoms with Gasteiger partial charge in [0.15, 0.2) is 23.0 Å². The Balaban J connectivity index is 1.23. The predicted molar refractivity (Wildman–Crippen MR) is 141 cm³/mol. The van der Waals surface area contributed by atoms with Crippen LogP contribution in [0.3, 0.4) is 0 Å². The Morgan fingerprint density at radius 1 is 0.842 bits per heavy atom. The molecule has 0 saturated carbocycles. The van der Waals surface area contributed by atoms with Gasteiger partial charge in [0.05, 0.1) is 37.4 Å². The second kappa shape index (κ2) is 11.4. The van der Waals surface area contributed by atoms with E-state index in [4.69, 9.17) is 18.9 Å². The SMILES string of the molecule is CC(C)C(NC(=O)C1CCN(S(=O)(=O)c2ccc3c(c2)OCCCO3)CC1)c1ccc2c(c1)OCCCO2. The number of ether oxygens (including phenoxy) is 4. The fraction of sp³-hybridized carbons (Fsp3) is 0.536. The Labute approximate surface area is 224 Å². The van der Waals surface area contributed by atoms with Crippen molar-refractivity contribution in [3.8, 4) is 23.0 Å². The summed E-state index contributed by atoms with van der Waals surface area (Å²) in [6.07, 6.45) is 2.50. The van der Waals surface area contributed by atoms with Gasteiger partial charge in [-0.05, 0) is 48.6 Å². The highest BCUT2D eigenvalue weighted by atomic mass is 32.2. The molecule has 3 aliphatic rings. The topological polar surface area (TPSA) is 103 Å². The van der Waals surface area contributed by atoms with Gasteiger partial charge >= 0.3 is 0 Å². The minimum absolute atomic E-state index is 0.0524. The summed E-state index contributed by atoms with van der Waals surface area (Å²) in [7, 11) is -3.71. The molecule has 2 aromatic carbocycles. The zero-order valence-electron chi connectivity index (χ0n) is 22.0. The molecule has 206 valence electrons. The summed E-state index contributed by atoms with van der Waals surface area (Å²) in [6.45, 7) is 6.96. The monoisotopic (exact) mass is 544 g/mol. The van der Waals surface area contributed by atoms with Crippen molar-refractivity contribution in [1.29, 1.82) is 0 Å². The highest BCUT2D eigenvalue weighted by Crippen LogP contribution is 2.36. The summed E-state index contributed by atoms with van der Waals surface area (Å²) < 4.78 is 51.0. The Morgan fingerprint density at radius 3 is 2.00 bits per heavy atom. The van der Waals surface area contributed by atoms with Gasteiger partial charge in [-0.2, -0.15) is 4.31 Å². The van der Waals surface area contributed by atoms with Gasteiger partial charge in [-0.15, -0.1) is 0 Å². The molecule has 9 nitrogen and oxygen atoms in total. The fourth-order valence-corrected chi connectivity index (χ4v) is 6.58. The molecule has 1 amide bonds. The number of carbonyl (C=O) groups excluding carboxylic acids is 1. The molecule has 0 aromatic heterocycles. The third-order valence-electron chi connectivity index (χ3n) is 7.28. The Hall–Kier alpha value is -2.98. The third kappa shape index (κ3) is 5.71. The van der Waals surface area contributed by atoms with E-state index in [1.807, 2.05) is 18.2 Å². The average Bonchev–Trinajstić information content (AvgIpc) is 3.31. The van der Waals surface area contributed by atoms with Crippen molar-refractivity contribution >= 4 is 15.9 Å². The summed E-state index contributed by atoms with van der Waals surface area (Å²) in [4.78, 5) is 13.5. The number of rotatable bonds is 6. The van der Waals surface area contributed by atoms with Gasteiger partial charge in [-0.25, -0.2) is 8.42 Å². The molecule has 10 heteroatoms. The molecule has 38 heavy (non-hydrogen) atoms. The Bertz CT molecular complexity index is 1260. The van der Waals surface area contributed by atoms with Crippen molar-refractivity contribution in [1.82, 2.24) is 9.62 Å². The second-order valence-corrected chi connectivity index (χ2v) is 12.3. The molecular formula is C28H36N2O7S. The van der Waals surface area contributed by atoms with E-state index in [9.17, 15) is 13.2 Å². The van der Waals surface area contributed by atoms with Crippen LogP contribution in [-0.2, 0) is 14.8 Å². The fourth-order valence-electron chi connectivity index (χ4n) is 5.09. The summed E-state index contributed by atoms with van der Waals surface area (Å²) in [5, 5.41) is 3.22. The van der Waals surface area contributed by atoms with Gasteiger partial charge in [0, 0.05) is 37.9 Å². The van der Waals surface area contributed by atoms with E-state index in [2.05, 4.69) is 19.2 Å². The first-order valence-corrected chi connectivity index (χ1v) is 14.9. The molecule has 3 aliphatic heterocycles. The molecule has 1 atom stereocenters. The van der Waals surface area contributed by atoms with Gasteiger partial charge in [-0.3, -0.25) is 4.79 Å². The number of nitrogens with zero attached hydrogens (tertiary/aromatic N) is 1. The zero-order valence-corrected chi connectivity index (χ0v) is 22.8. The molecule has 1 unspecified atom stereocenters. The highest BCUT2D eigenvalue weighted by Gasteiger charge is 2.34. The van der Waals surface area contributed by atoms with E-state index < -0.39 is 10.0 Å². The zero-order chi connectivity index (χ0) is 26.7. The molecule has 1 saturated heterocycles. The summed E-state index contributed by atoms with van der Waals surface area (Å²) in [5.74, 6) is 2.28. The van der Waals surface area contributed by atoms with Crippen molar-refractivity contribution < 1.29 is 32.2 Å². The number of carbonyl (C=O) groups is 1. The van der Waals surface area contributed by atoms with Crippen molar-refractivity contribution in [3.63, 3.8) is 0 Å². The number of fused-ring (bicyclic) bond motifs is 2. The van der Waals surface area contributed by atoms with Crippen LogP contribution in [0.2, 0.25) is 0 Å². The smallest absolute Gasteiger partial charge is 0.243 e. The lowest BCUT2D eigenvalue weighted by atomic mass is 9.92. The number of hydrogen-bond acceptors (Lipinski definition) is 7. The predicted octanol–water partition coefficient (Wildman–Crippen LogP) is 3.92. The van der Waals surface area contributed by atoms with Crippen LogP contribution in [0.25, 0.3) is 0 Å². The standard InChI is InChI=1S/C28H36N2O7S/c1-19(2)27(21-5-7-23-25(17-21)36-15-3-13-34-23)29-28(31)20-9-11-30(12-10-20)38(32,33)22-6-8-24-26(18-22)37-16-4-14-35-24/h5-8,17-20,27H,3-4,9-16H2,1-2H3,(H,29,31). The van der Waals surface area contributed by atoms with Crippen LogP contribution in [-0.4, -0.2) is 58.1 Å². The maximum absolute atomic E-state index is 13.3. The summed E-state index contributed by atoms with van der Waals surface area (Å²) >= 11 is 0. The van der Waals surface area contributed by atoms with Gasteiger partial charge in [0.1, 0.15) is 0 Å². The second-order valence-electron chi connectivity index (χ2n) is 10.3. The molecule has 0 radical (unpaired) electrons. The van der Waals surface area contributed by atoms with E-state index >= 15 is 0 Å². The quantitative estimate of drug-likeness (QED) is 0.588. The van der Waals surface area contributed by atoms with E-state index in [1.54, 1.807) is 12.1 Å². The number of benzene rings is 2. The first-order valence-electron chi connectivity index (χ1n) is 13.4. The van der Waals surface area contributed by atoms with Gasteiger partial charge in [-0.1, -0.05) is 19.9 Å². The van der Waals surface area contributed by atoms with Crippen LogP contribution in [0.5, 0.6) is 23.0 Å². The van der Waals surface area contributed by atoms with Gasteiger partial charge < -0.3 is 24.3 Å². The average molecular weight is 545 g/mol. The molecule has 1 N–H and O–H groups in total. The number of sulfonamides is 1. The first-order chi connectivity index (χ1) is 18.3. The maximum atomic E-state index is 13.3. The summed E-state index contributed by atoms with van der Waals surface area (Å²) in [5.41, 5.74) is 0.965. The normalized spacial score (nSPS) is 19.3. The third-order valence-corrected chi connectivity index (χ3v) is 9.17. The molecule has 5 rings (SSSR count). The first kappa shape index (κ1) is 26.6. The molecule has 0 bridgehead atoms. The van der Waals surface area contributed by atoms with E-state index in [-0.39, 0.29) is 41.8 Å². The lowest BCUT2D eigenvalue weighted by molar-refractivity contribution is -0.127. The Morgan fingerprint density at radius 2 is 1.39 bits per heavy atom. The van der Waals surface area contributed by atoms with E-state index in [0.717, 1.165) is 24.2 Å². The molecular weight excluding hydrogens is 508 g/mol. The summed E-state index contributed by atoms with van der Waals surface area (Å²) in [6, 6.07) is 10.4. The Kier molecular flexibility index (Phi) is 7.99. The van der Waals surface area contributed by atoms with Crippen molar-refractivity contribution in [2.45, 2.75) is 50.5 Å². The number of nitrogens with one attached hydrogen (secondary N) is 1. The largest absolute Gasteiger partial charge is 0.490 e. The van der Waals surface area contributed by atoms with Crippen molar-refractivity contribution in [2.75, 3.05) is 39.5 Å². The van der Waals surface area contributed by atoms with Crippen molar-refractivity contribution in [3.05, 3.63) is 42.0 Å². The van der Waals surface area contributed by atoms with Crippen LogP contribution in [0.1, 0.15) is 51.1 Å². The molecule has 2 aromatic rings. The minimum Gasteiger partial charge on any atom is -0.490 e. The molecule has 0 aliphatic carbocycles. The minimum atomic E-state index is -3.71. The molecule has 1 fully saturated rings. The van der Waals surface area contributed by atoms with Crippen LogP contribution in [0, 0.1) is 11.8 Å². The lowest BCUT2D eigenvalue weighted by Gasteiger charge is -2.32.